The monoisotopic (exact) mass is 406 g/mol. The van der Waals surface area contributed by atoms with E-state index in [4.69, 9.17) is 0 Å². The molecule has 1 aliphatic rings. The van der Waals surface area contributed by atoms with E-state index in [2.05, 4.69) is 14.9 Å². The zero-order valence-corrected chi connectivity index (χ0v) is 16.2. The lowest BCUT2D eigenvalue weighted by Crippen LogP contribution is -2.27. The van der Waals surface area contributed by atoms with Crippen LogP contribution in [0.5, 0.6) is 0 Å². The van der Waals surface area contributed by atoms with Gasteiger partial charge in [0, 0.05) is 30.3 Å². The van der Waals surface area contributed by atoms with E-state index in [0.717, 1.165) is 38.5 Å². The van der Waals surface area contributed by atoms with Gasteiger partial charge >= 0.3 is 6.18 Å². The zero-order valence-electron chi connectivity index (χ0n) is 15.4. The second-order valence-corrected chi connectivity index (χ2v) is 7.77. The number of hydrogen-bond acceptors (Lipinski definition) is 5. The highest BCUT2D eigenvalue weighted by Gasteiger charge is 2.36. The maximum Gasteiger partial charge on any atom is 0.417 e. The number of aromatic nitrogens is 2. The minimum absolute atomic E-state index is 0.138. The van der Waals surface area contributed by atoms with Crippen molar-refractivity contribution >= 4 is 11.8 Å². The largest absolute Gasteiger partial charge is 0.417 e. The number of nitriles is 1. The van der Waals surface area contributed by atoms with E-state index in [9.17, 15) is 18.4 Å². The van der Waals surface area contributed by atoms with Gasteiger partial charge in [0.15, 0.2) is 0 Å². The van der Waals surface area contributed by atoms with Gasteiger partial charge in [-0.15, -0.1) is 11.8 Å². The first-order valence-electron chi connectivity index (χ1n) is 9.27. The topological polar surface area (TPSA) is 52.8 Å². The van der Waals surface area contributed by atoms with Crippen molar-refractivity contribution in [1.82, 2.24) is 14.9 Å². The fourth-order valence-electron chi connectivity index (χ4n) is 3.26. The summed E-state index contributed by atoms with van der Waals surface area (Å²) < 4.78 is 40.7. The molecule has 3 heterocycles. The van der Waals surface area contributed by atoms with Gasteiger partial charge in [0.2, 0.25) is 0 Å². The Labute approximate surface area is 166 Å². The Kier molecular flexibility index (Phi) is 6.92. The van der Waals surface area contributed by atoms with E-state index in [-0.39, 0.29) is 10.7 Å². The molecule has 1 fully saturated rings. The molecule has 0 bridgehead atoms. The molecule has 0 unspecified atom stereocenters. The molecular formula is C20H21F3N4S. The summed E-state index contributed by atoms with van der Waals surface area (Å²) in [6.07, 6.45) is 3.17. The molecule has 4 nitrogen and oxygen atoms in total. The fraction of sp³-hybridized carbons (Fsp3) is 0.450. The summed E-state index contributed by atoms with van der Waals surface area (Å²) in [7, 11) is 0. The van der Waals surface area contributed by atoms with Crippen LogP contribution in [0, 0.1) is 11.3 Å². The number of thioether (sulfide) groups is 1. The second kappa shape index (κ2) is 9.39. The molecule has 8 heteroatoms. The van der Waals surface area contributed by atoms with E-state index in [1.807, 2.05) is 0 Å². The molecule has 0 saturated carbocycles. The van der Waals surface area contributed by atoms with Crippen molar-refractivity contribution in [3.8, 4) is 17.3 Å². The first-order valence-corrected chi connectivity index (χ1v) is 10.3. The molecule has 0 radical (unpaired) electrons. The predicted octanol–water partition coefficient (Wildman–Crippen LogP) is 5.00. The number of alkyl halides is 3. The SMILES string of the molecule is N#Cc1c(C(F)(F)F)cc(-c2ccncc2)nc1SCCN1CCCCCC1. The lowest BCUT2D eigenvalue weighted by molar-refractivity contribution is -0.138. The Balaban J connectivity index is 1.86. The van der Waals surface area contributed by atoms with Crippen LogP contribution in [0.1, 0.15) is 36.8 Å². The van der Waals surface area contributed by atoms with Crippen molar-refractivity contribution < 1.29 is 13.2 Å². The molecule has 0 aromatic carbocycles. The van der Waals surface area contributed by atoms with Crippen molar-refractivity contribution in [2.45, 2.75) is 36.9 Å². The van der Waals surface area contributed by atoms with E-state index in [0.29, 0.717) is 11.3 Å². The molecular weight excluding hydrogens is 385 g/mol. The molecule has 1 saturated heterocycles. The Bertz CT molecular complexity index is 826. The molecule has 0 spiro atoms. The molecule has 0 amide bonds. The maximum absolute atomic E-state index is 13.6. The van der Waals surface area contributed by atoms with Crippen LogP contribution in [0.25, 0.3) is 11.3 Å². The molecule has 3 rings (SSSR count). The van der Waals surface area contributed by atoms with Gasteiger partial charge in [-0.25, -0.2) is 4.98 Å². The molecule has 148 valence electrons. The van der Waals surface area contributed by atoms with Crippen LogP contribution in [0.15, 0.2) is 35.6 Å². The van der Waals surface area contributed by atoms with Gasteiger partial charge in [-0.3, -0.25) is 4.98 Å². The third-order valence-corrected chi connectivity index (χ3v) is 5.68. The van der Waals surface area contributed by atoms with Crippen LogP contribution >= 0.6 is 11.8 Å². The third kappa shape index (κ3) is 5.24. The molecule has 0 aliphatic carbocycles. The molecule has 1 aliphatic heterocycles. The lowest BCUT2D eigenvalue weighted by atomic mass is 10.1. The van der Waals surface area contributed by atoms with E-state index in [1.54, 1.807) is 18.2 Å². The molecule has 2 aromatic heterocycles. The Morgan fingerprint density at radius 1 is 1.11 bits per heavy atom. The average molecular weight is 406 g/mol. The number of pyridine rings is 2. The van der Waals surface area contributed by atoms with Gasteiger partial charge in [0.25, 0.3) is 0 Å². The number of halogens is 3. The minimum Gasteiger partial charge on any atom is -0.303 e. The summed E-state index contributed by atoms with van der Waals surface area (Å²) in [5.74, 6) is 0.596. The molecule has 2 aromatic rings. The van der Waals surface area contributed by atoms with Crippen LogP contribution in [-0.2, 0) is 6.18 Å². The maximum atomic E-state index is 13.6. The van der Waals surface area contributed by atoms with Crippen LogP contribution in [0.3, 0.4) is 0 Å². The standard InChI is InChI=1S/C20H21F3N4S/c21-20(22,23)17-13-18(15-5-7-25-8-6-15)26-19(16(17)14-24)28-12-11-27-9-3-1-2-4-10-27/h5-8,13H,1-4,9-12H2. The fourth-order valence-corrected chi connectivity index (χ4v) is 4.27. The highest BCUT2D eigenvalue weighted by atomic mass is 32.2. The molecule has 0 N–H and O–H groups in total. The summed E-state index contributed by atoms with van der Waals surface area (Å²) in [4.78, 5) is 10.6. The Morgan fingerprint density at radius 2 is 1.79 bits per heavy atom. The summed E-state index contributed by atoms with van der Waals surface area (Å²) in [5, 5.41) is 9.52. The summed E-state index contributed by atoms with van der Waals surface area (Å²) in [6.45, 7) is 2.81. The average Bonchev–Trinajstić information content (AvgIpc) is 2.96. The molecule has 0 atom stereocenters. The van der Waals surface area contributed by atoms with Gasteiger partial charge in [-0.05, 0) is 44.1 Å². The van der Waals surface area contributed by atoms with Crippen LogP contribution in [0.2, 0.25) is 0 Å². The van der Waals surface area contributed by atoms with Crippen molar-refractivity contribution in [2.75, 3.05) is 25.4 Å². The second-order valence-electron chi connectivity index (χ2n) is 6.68. The van der Waals surface area contributed by atoms with Gasteiger partial charge in [-0.2, -0.15) is 18.4 Å². The minimum atomic E-state index is -4.62. The van der Waals surface area contributed by atoms with E-state index >= 15 is 0 Å². The van der Waals surface area contributed by atoms with Crippen molar-refractivity contribution in [3.63, 3.8) is 0 Å². The Hall–Kier alpha value is -2.11. The van der Waals surface area contributed by atoms with E-state index < -0.39 is 17.3 Å². The highest BCUT2D eigenvalue weighted by Crippen LogP contribution is 2.37. The normalized spacial score (nSPS) is 15.8. The number of rotatable bonds is 5. The number of likely N-dealkylation sites (tertiary alicyclic amines) is 1. The van der Waals surface area contributed by atoms with Crippen molar-refractivity contribution in [1.29, 1.82) is 5.26 Å². The highest BCUT2D eigenvalue weighted by molar-refractivity contribution is 7.99. The Morgan fingerprint density at radius 3 is 2.39 bits per heavy atom. The lowest BCUT2D eigenvalue weighted by Gasteiger charge is -2.19. The van der Waals surface area contributed by atoms with Gasteiger partial charge < -0.3 is 4.90 Å². The predicted molar refractivity (Wildman–Crippen MR) is 103 cm³/mol. The quantitative estimate of drug-likeness (QED) is 0.654. The van der Waals surface area contributed by atoms with Crippen LogP contribution < -0.4 is 0 Å². The van der Waals surface area contributed by atoms with Crippen LogP contribution in [-0.4, -0.2) is 40.3 Å². The summed E-state index contributed by atoms with van der Waals surface area (Å²) >= 11 is 1.22. The van der Waals surface area contributed by atoms with Gasteiger partial charge in [0.05, 0.1) is 16.8 Å². The van der Waals surface area contributed by atoms with Gasteiger partial charge in [-0.1, -0.05) is 12.8 Å². The third-order valence-electron chi connectivity index (χ3n) is 4.72. The molecule has 28 heavy (non-hydrogen) atoms. The zero-order chi connectivity index (χ0) is 20.0. The van der Waals surface area contributed by atoms with Crippen LogP contribution in [0.4, 0.5) is 13.2 Å². The smallest absolute Gasteiger partial charge is 0.303 e. The van der Waals surface area contributed by atoms with Crippen molar-refractivity contribution in [3.05, 3.63) is 41.7 Å². The van der Waals surface area contributed by atoms with Crippen molar-refractivity contribution in [2.24, 2.45) is 0 Å². The van der Waals surface area contributed by atoms with Gasteiger partial charge in [0.1, 0.15) is 11.1 Å². The number of nitrogens with zero attached hydrogens (tertiary/aromatic N) is 4. The summed E-state index contributed by atoms with van der Waals surface area (Å²) in [5.41, 5.74) is -0.592. The van der Waals surface area contributed by atoms with E-state index in [1.165, 1.54) is 37.0 Å². The first-order chi connectivity index (χ1) is 13.5. The first kappa shape index (κ1) is 20.6. The number of hydrogen-bond donors (Lipinski definition) is 0. The summed E-state index contributed by atoms with van der Waals surface area (Å²) in [6, 6.07) is 5.89.